The summed E-state index contributed by atoms with van der Waals surface area (Å²) in [7, 11) is 0. The van der Waals surface area contributed by atoms with Gasteiger partial charge in [0.2, 0.25) is 0 Å². The summed E-state index contributed by atoms with van der Waals surface area (Å²) in [4.78, 5) is 8.51. The van der Waals surface area contributed by atoms with Gasteiger partial charge in [0, 0.05) is 17.1 Å². The molecule has 1 heterocycles. The zero-order valence-electron chi connectivity index (χ0n) is 8.24. The minimum absolute atomic E-state index is 0.804. The molecule has 0 aliphatic carbocycles. The molecule has 0 spiro atoms. The summed E-state index contributed by atoms with van der Waals surface area (Å²) in [6.45, 7) is 3.80. The topological polar surface area (TPSA) is 37.4 Å². The smallest absolute Gasteiger partial charge is 0.186 e. The second-order valence-electron chi connectivity index (χ2n) is 3.08. The lowest BCUT2D eigenvalue weighted by Crippen LogP contribution is -1.83. The molecule has 3 heteroatoms. The average molecular weight is 188 g/mol. The summed E-state index contributed by atoms with van der Waals surface area (Å²) >= 11 is 0. The summed E-state index contributed by atoms with van der Waals surface area (Å²) in [6, 6.07) is 8.01. The highest BCUT2D eigenvalue weighted by Gasteiger charge is 2.08. The Morgan fingerprint density at radius 2 is 2.14 bits per heavy atom. The van der Waals surface area contributed by atoms with Gasteiger partial charge in [0.1, 0.15) is 0 Å². The van der Waals surface area contributed by atoms with Gasteiger partial charge in [-0.05, 0) is 26.0 Å². The average Bonchev–Trinajstić information content (AvgIpc) is 2.51. The summed E-state index contributed by atoms with van der Waals surface area (Å²) in [5.41, 5.74) is 2.07. The number of nitrogens with one attached hydrogen (secondary N) is 1. The van der Waals surface area contributed by atoms with Crippen LogP contribution in [0.1, 0.15) is 12.6 Å². The van der Waals surface area contributed by atoms with E-state index in [2.05, 4.69) is 10.1 Å². The number of hydrogen-bond donors (Lipinski definition) is 1. The maximum Gasteiger partial charge on any atom is 0.186 e. The fraction of sp³-hybridized carbons (Fsp3) is 0.182. The van der Waals surface area contributed by atoms with E-state index in [0.717, 1.165) is 22.3 Å². The van der Waals surface area contributed by atoms with E-state index in [1.165, 1.54) is 0 Å². The quantitative estimate of drug-likeness (QED) is 0.571. The SMILES string of the molecule is C/C=N/Oc1c(C)[nH]c2ccccc12. The van der Waals surface area contributed by atoms with E-state index in [1.807, 2.05) is 38.1 Å². The molecule has 0 radical (unpaired) electrons. The van der Waals surface area contributed by atoms with Crippen LogP contribution in [0.3, 0.4) is 0 Å². The molecular weight excluding hydrogens is 176 g/mol. The van der Waals surface area contributed by atoms with Crippen molar-refractivity contribution in [1.29, 1.82) is 0 Å². The second kappa shape index (κ2) is 3.54. The molecule has 2 aromatic rings. The third-order valence-electron chi connectivity index (χ3n) is 2.08. The summed E-state index contributed by atoms with van der Waals surface area (Å²) in [6.07, 6.45) is 1.63. The van der Waals surface area contributed by atoms with E-state index in [0.29, 0.717) is 0 Å². The Hall–Kier alpha value is -1.77. The summed E-state index contributed by atoms with van der Waals surface area (Å²) < 4.78 is 0. The third kappa shape index (κ3) is 1.37. The van der Waals surface area contributed by atoms with E-state index in [-0.39, 0.29) is 0 Å². The number of benzene rings is 1. The summed E-state index contributed by atoms with van der Waals surface area (Å²) in [5, 5.41) is 4.85. The number of rotatable bonds is 2. The van der Waals surface area contributed by atoms with Crippen molar-refractivity contribution in [3.63, 3.8) is 0 Å². The van der Waals surface area contributed by atoms with Crippen molar-refractivity contribution >= 4 is 17.1 Å². The number of aryl methyl sites for hydroxylation is 1. The molecule has 0 fully saturated rings. The second-order valence-corrected chi connectivity index (χ2v) is 3.08. The van der Waals surface area contributed by atoms with Crippen molar-refractivity contribution in [3.8, 4) is 5.75 Å². The molecule has 0 unspecified atom stereocenters. The van der Waals surface area contributed by atoms with E-state index in [9.17, 15) is 0 Å². The van der Waals surface area contributed by atoms with Gasteiger partial charge in [-0.1, -0.05) is 17.3 Å². The molecule has 0 aliphatic heterocycles. The van der Waals surface area contributed by atoms with Crippen molar-refractivity contribution in [3.05, 3.63) is 30.0 Å². The fourth-order valence-electron chi connectivity index (χ4n) is 1.47. The van der Waals surface area contributed by atoms with Crippen LogP contribution in [-0.4, -0.2) is 11.2 Å². The van der Waals surface area contributed by atoms with Gasteiger partial charge < -0.3 is 9.82 Å². The fourth-order valence-corrected chi connectivity index (χ4v) is 1.47. The van der Waals surface area contributed by atoms with Gasteiger partial charge in [-0.25, -0.2) is 0 Å². The van der Waals surface area contributed by atoms with Crippen molar-refractivity contribution in [2.75, 3.05) is 0 Å². The maximum atomic E-state index is 5.28. The molecule has 3 nitrogen and oxygen atoms in total. The maximum absolute atomic E-state index is 5.28. The van der Waals surface area contributed by atoms with E-state index in [4.69, 9.17) is 4.84 Å². The van der Waals surface area contributed by atoms with E-state index in [1.54, 1.807) is 6.21 Å². The Bertz CT molecular complexity index is 471. The predicted octanol–water partition coefficient (Wildman–Crippen LogP) is 2.86. The molecule has 0 aliphatic rings. The highest BCUT2D eigenvalue weighted by molar-refractivity contribution is 5.87. The van der Waals surface area contributed by atoms with Crippen LogP contribution in [0.4, 0.5) is 0 Å². The first-order valence-corrected chi connectivity index (χ1v) is 4.55. The lowest BCUT2D eigenvalue weighted by atomic mass is 10.2. The Balaban J connectivity index is 2.56. The minimum atomic E-state index is 0.804. The predicted molar refractivity (Wildman–Crippen MR) is 57.8 cm³/mol. The van der Waals surface area contributed by atoms with Gasteiger partial charge in [-0.15, -0.1) is 0 Å². The number of nitrogens with zero attached hydrogens (tertiary/aromatic N) is 1. The third-order valence-corrected chi connectivity index (χ3v) is 2.08. The van der Waals surface area contributed by atoms with Crippen molar-refractivity contribution < 1.29 is 4.84 Å². The van der Waals surface area contributed by atoms with E-state index < -0.39 is 0 Å². The van der Waals surface area contributed by atoms with E-state index >= 15 is 0 Å². The highest BCUT2D eigenvalue weighted by Crippen LogP contribution is 2.29. The van der Waals surface area contributed by atoms with Crippen LogP contribution >= 0.6 is 0 Å². The first-order valence-electron chi connectivity index (χ1n) is 4.55. The molecule has 1 aromatic heterocycles. The Labute approximate surface area is 82.4 Å². The molecule has 0 saturated carbocycles. The molecule has 2 rings (SSSR count). The molecule has 1 N–H and O–H groups in total. The highest BCUT2D eigenvalue weighted by atomic mass is 16.6. The lowest BCUT2D eigenvalue weighted by Gasteiger charge is -1.96. The molecule has 72 valence electrons. The van der Waals surface area contributed by atoms with Gasteiger partial charge in [0.25, 0.3) is 0 Å². The van der Waals surface area contributed by atoms with Gasteiger partial charge in [0.05, 0.1) is 5.69 Å². The first kappa shape index (κ1) is 8.81. The normalized spacial score (nSPS) is 11.3. The molecule has 0 bridgehead atoms. The molecular formula is C11H12N2O. The van der Waals surface area contributed by atoms with Crippen LogP contribution in [-0.2, 0) is 0 Å². The van der Waals surface area contributed by atoms with Crippen molar-refractivity contribution in [2.45, 2.75) is 13.8 Å². The Morgan fingerprint density at radius 3 is 2.93 bits per heavy atom. The zero-order chi connectivity index (χ0) is 9.97. The number of H-pyrrole nitrogens is 1. The number of oxime groups is 1. The number of aromatic nitrogens is 1. The number of hydrogen-bond acceptors (Lipinski definition) is 2. The Morgan fingerprint density at radius 1 is 1.36 bits per heavy atom. The van der Waals surface area contributed by atoms with Crippen LogP contribution in [0.2, 0.25) is 0 Å². The lowest BCUT2D eigenvalue weighted by molar-refractivity contribution is 0.345. The zero-order valence-corrected chi connectivity index (χ0v) is 8.24. The molecule has 0 amide bonds. The van der Waals surface area contributed by atoms with Gasteiger partial charge >= 0.3 is 0 Å². The molecule has 0 atom stereocenters. The van der Waals surface area contributed by atoms with Crippen LogP contribution < -0.4 is 4.84 Å². The molecule has 1 aromatic carbocycles. The molecule has 14 heavy (non-hydrogen) atoms. The molecule has 0 saturated heterocycles. The number of para-hydroxylation sites is 1. The number of aromatic amines is 1. The van der Waals surface area contributed by atoms with Gasteiger partial charge in [0.15, 0.2) is 5.75 Å². The largest absolute Gasteiger partial charge is 0.355 e. The van der Waals surface area contributed by atoms with Crippen LogP contribution in [0.5, 0.6) is 5.75 Å². The van der Waals surface area contributed by atoms with Crippen LogP contribution in [0, 0.1) is 6.92 Å². The van der Waals surface area contributed by atoms with Crippen LogP contribution in [0.25, 0.3) is 10.9 Å². The first-order chi connectivity index (χ1) is 6.83. The van der Waals surface area contributed by atoms with Gasteiger partial charge in [-0.2, -0.15) is 0 Å². The Kier molecular flexibility index (Phi) is 2.23. The van der Waals surface area contributed by atoms with Crippen LogP contribution in [0.15, 0.2) is 29.4 Å². The minimum Gasteiger partial charge on any atom is -0.355 e. The van der Waals surface area contributed by atoms with Crippen molar-refractivity contribution in [2.24, 2.45) is 5.16 Å². The van der Waals surface area contributed by atoms with Crippen molar-refractivity contribution in [1.82, 2.24) is 4.98 Å². The number of fused-ring (bicyclic) bond motifs is 1. The monoisotopic (exact) mass is 188 g/mol. The standard InChI is InChI=1S/C11H12N2O/c1-3-12-14-11-8(2)13-10-7-5-4-6-9(10)11/h3-7,13H,1-2H3/b12-3+. The van der Waals surface area contributed by atoms with Gasteiger partial charge in [-0.3, -0.25) is 0 Å². The summed E-state index contributed by atoms with van der Waals surface area (Å²) in [5.74, 6) is 0.804.